The molecule has 0 spiro atoms. The molecule has 3 fully saturated rings. The Morgan fingerprint density at radius 2 is 1.56 bits per heavy atom. The van der Waals surface area contributed by atoms with Gasteiger partial charge in [0, 0.05) is 37.4 Å². The average Bonchev–Trinajstić information content (AvgIpc) is 3.15. The fourth-order valence-corrected chi connectivity index (χ4v) is 6.23. The monoisotopic (exact) mass is 433 g/mol. The maximum Gasteiger partial charge on any atom is 0.224 e. The number of hydrogen-bond acceptors (Lipinski definition) is 5. The van der Waals surface area contributed by atoms with Crippen molar-refractivity contribution in [1.29, 1.82) is 0 Å². The molecular weight excluding hydrogens is 394 g/mol. The van der Waals surface area contributed by atoms with Crippen LogP contribution in [0.2, 0.25) is 0 Å². The Morgan fingerprint density at radius 3 is 2.34 bits per heavy atom. The number of piperidine rings is 1. The first-order chi connectivity index (χ1) is 15.8. The lowest BCUT2D eigenvalue weighted by Crippen LogP contribution is -2.54. The number of likely N-dealkylation sites (tertiary alicyclic amines) is 1. The molecule has 3 heterocycles. The summed E-state index contributed by atoms with van der Waals surface area (Å²) in [6.07, 6.45) is 16.2. The van der Waals surface area contributed by atoms with Gasteiger partial charge in [-0.25, -0.2) is 4.98 Å². The van der Waals surface area contributed by atoms with Crippen molar-refractivity contribution in [2.45, 2.75) is 82.2 Å². The zero-order chi connectivity index (χ0) is 21.6. The minimum Gasteiger partial charge on any atom is -0.356 e. The molecule has 172 valence electrons. The average molecular weight is 434 g/mol. The van der Waals surface area contributed by atoms with E-state index < -0.39 is 0 Å². The molecule has 1 saturated carbocycles. The highest BCUT2D eigenvalue weighted by molar-refractivity contribution is 5.43. The Morgan fingerprint density at radius 1 is 0.812 bits per heavy atom. The molecule has 0 radical (unpaired) electrons. The summed E-state index contributed by atoms with van der Waals surface area (Å²) in [5.41, 5.74) is 1.72. The smallest absolute Gasteiger partial charge is 0.224 e. The highest BCUT2D eigenvalue weighted by Crippen LogP contribution is 2.43. The number of benzene rings is 1. The van der Waals surface area contributed by atoms with Crippen LogP contribution >= 0.6 is 0 Å². The molecule has 1 atom stereocenters. The lowest BCUT2D eigenvalue weighted by molar-refractivity contribution is 0.0263. The van der Waals surface area contributed by atoms with E-state index in [0.29, 0.717) is 6.04 Å². The van der Waals surface area contributed by atoms with Crippen LogP contribution in [-0.2, 0) is 5.54 Å². The number of hydrogen-bond donors (Lipinski definition) is 1. The van der Waals surface area contributed by atoms with E-state index in [1.807, 2.05) is 6.20 Å². The maximum atomic E-state index is 4.93. The molecule has 1 aromatic heterocycles. The van der Waals surface area contributed by atoms with Crippen LogP contribution in [0.25, 0.3) is 0 Å². The zero-order valence-corrected chi connectivity index (χ0v) is 19.5. The topological polar surface area (TPSA) is 44.3 Å². The van der Waals surface area contributed by atoms with Gasteiger partial charge in [0.2, 0.25) is 5.95 Å². The van der Waals surface area contributed by atoms with Crippen molar-refractivity contribution >= 4 is 11.8 Å². The second-order valence-corrected chi connectivity index (χ2v) is 10.0. The molecule has 5 rings (SSSR count). The summed E-state index contributed by atoms with van der Waals surface area (Å²) in [6.45, 7) is 4.51. The van der Waals surface area contributed by atoms with Crippen molar-refractivity contribution in [2.24, 2.45) is 0 Å². The van der Waals surface area contributed by atoms with Gasteiger partial charge in [0.1, 0.15) is 5.82 Å². The number of anilines is 2. The predicted octanol–water partition coefficient (Wildman–Crippen LogP) is 5.59. The number of aromatic nitrogens is 2. The van der Waals surface area contributed by atoms with Crippen LogP contribution < -0.4 is 10.2 Å². The van der Waals surface area contributed by atoms with Gasteiger partial charge in [-0.05, 0) is 56.7 Å². The summed E-state index contributed by atoms with van der Waals surface area (Å²) < 4.78 is 0. The molecule has 32 heavy (non-hydrogen) atoms. The van der Waals surface area contributed by atoms with E-state index in [0.717, 1.165) is 31.4 Å². The third-order valence-electron chi connectivity index (χ3n) is 7.92. The molecule has 5 nitrogen and oxygen atoms in total. The van der Waals surface area contributed by atoms with Crippen LogP contribution in [-0.4, -0.2) is 47.1 Å². The molecule has 0 amide bonds. The van der Waals surface area contributed by atoms with E-state index in [1.165, 1.54) is 82.7 Å². The largest absolute Gasteiger partial charge is 0.356 e. The Kier molecular flexibility index (Phi) is 6.92. The first-order valence-electron chi connectivity index (χ1n) is 13.0. The molecule has 1 N–H and O–H groups in total. The lowest BCUT2D eigenvalue weighted by atomic mass is 9.74. The van der Waals surface area contributed by atoms with Gasteiger partial charge in [-0.1, -0.05) is 62.4 Å². The summed E-state index contributed by atoms with van der Waals surface area (Å²) in [5, 5.41) is 3.72. The van der Waals surface area contributed by atoms with Crippen LogP contribution in [0.4, 0.5) is 11.8 Å². The summed E-state index contributed by atoms with van der Waals surface area (Å²) >= 11 is 0. The Bertz CT molecular complexity index is 840. The highest BCUT2D eigenvalue weighted by Gasteiger charge is 2.41. The van der Waals surface area contributed by atoms with E-state index in [4.69, 9.17) is 4.98 Å². The first kappa shape index (κ1) is 21.7. The summed E-state index contributed by atoms with van der Waals surface area (Å²) in [5.74, 6) is 1.89. The quantitative estimate of drug-likeness (QED) is 0.666. The fraction of sp³-hybridized carbons (Fsp3) is 0.630. The normalized spacial score (nSPS) is 24.6. The third kappa shape index (κ3) is 4.78. The molecule has 2 aliphatic heterocycles. The first-order valence-corrected chi connectivity index (χ1v) is 13.0. The van der Waals surface area contributed by atoms with Crippen molar-refractivity contribution < 1.29 is 0 Å². The van der Waals surface area contributed by atoms with Gasteiger partial charge in [-0.15, -0.1) is 0 Å². The van der Waals surface area contributed by atoms with E-state index in [2.05, 4.69) is 56.5 Å². The van der Waals surface area contributed by atoms with Crippen LogP contribution in [0, 0.1) is 0 Å². The molecule has 0 bridgehead atoms. The minimum absolute atomic E-state index is 0.203. The molecule has 5 heteroatoms. The maximum absolute atomic E-state index is 4.93. The second kappa shape index (κ2) is 10.2. The number of rotatable bonds is 5. The van der Waals surface area contributed by atoms with E-state index in [1.54, 1.807) is 0 Å². The van der Waals surface area contributed by atoms with Gasteiger partial charge >= 0.3 is 0 Å². The Balaban J connectivity index is 1.30. The van der Waals surface area contributed by atoms with Gasteiger partial charge in [-0.3, -0.25) is 4.90 Å². The van der Waals surface area contributed by atoms with Gasteiger partial charge in [0.05, 0.1) is 0 Å². The molecule has 1 unspecified atom stereocenters. The number of nitrogens with one attached hydrogen (secondary N) is 1. The lowest BCUT2D eigenvalue weighted by Gasteiger charge is -2.50. The summed E-state index contributed by atoms with van der Waals surface area (Å²) in [4.78, 5) is 14.8. The fourth-order valence-electron chi connectivity index (χ4n) is 6.23. The van der Waals surface area contributed by atoms with E-state index >= 15 is 0 Å². The van der Waals surface area contributed by atoms with Crippen molar-refractivity contribution in [1.82, 2.24) is 14.9 Å². The van der Waals surface area contributed by atoms with Crippen molar-refractivity contribution in [2.75, 3.05) is 36.4 Å². The highest BCUT2D eigenvalue weighted by atomic mass is 15.3. The van der Waals surface area contributed by atoms with Gasteiger partial charge < -0.3 is 10.2 Å². The second-order valence-electron chi connectivity index (χ2n) is 10.0. The van der Waals surface area contributed by atoms with Gasteiger partial charge in [0.25, 0.3) is 0 Å². The molecule has 1 aromatic carbocycles. The van der Waals surface area contributed by atoms with Crippen LogP contribution in [0.15, 0.2) is 42.6 Å². The minimum atomic E-state index is 0.203. The van der Waals surface area contributed by atoms with Gasteiger partial charge in [0.15, 0.2) is 0 Å². The SMILES string of the molecule is c1ccc(C2(N3CCCC(Nc4nccc(N5CCCCCC5)n4)C3)CCCCC2)cc1. The molecule has 2 saturated heterocycles. The predicted molar refractivity (Wildman–Crippen MR) is 132 cm³/mol. The molecule has 1 aliphatic carbocycles. The van der Waals surface area contributed by atoms with Crippen molar-refractivity contribution in [3.05, 3.63) is 48.2 Å². The van der Waals surface area contributed by atoms with Crippen molar-refractivity contribution in [3.8, 4) is 0 Å². The summed E-state index contributed by atoms with van der Waals surface area (Å²) in [7, 11) is 0. The number of nitrogens with zero attached hydrogens (tertiary/aromatic N) is 4. The Hall–Kier alpha value is -2.14. The molecule has 2 aromatic rings. The Labute approximate surface area is 193 Å². The van der Waals surface area contributed by atoms with E-state index in [9.17, 15) is 0 Å². The van der Waals surface area contributed by atoms with Crippen LogP contribution in [0.3, 0.4) is 0 Å². The molecule has 3 aliphatic rings. The van der Waals surface area contributed by atoms with Crippen molar-refractivity contribution in [3.63, 3.8) is 0 Å². The third-order valence-corrected chi connectivity index (χ3v) is 7.92. The van der Waals surface area contributed by atoms with Crippen LogP contribution in [0.1, 0.15) is 76.2 Å². The van der Waals surface area contributed by atoms with Crippen LogP contribution in [0.5, 0.6) is 0 Å². The van der Waals surface area contributed by atoms with E-state index in [-0.39, 0.29) is 5.54 Å². The molecular formula is C27H39N5. The standard InChI is InChI=1S/C27H39N5/c1-2-10-20-31(19-9-1)25-15-18-28-26(30-25)29-24-14-11-21-32(22-24)27(16-7-4-8-17-27)23-12-5-3-6-13-23/h3,5-6,12-13,15,18,24H,1-2,4,7-11,14,16-17,19-22H2,(H,28,29,30). The van der Waals surface area contributed by atoms with Gasteiger partial charge in [-0.2, -0.15) is 4.98 Å². The zero-order valence-electron chi connectivity index (χ0n) is 19.5. The summed E-state index contributed by atoms with van der Waals surface area (Å²) in [6, 6.07) is 13.8.